The molecule has 1 aromatic heterocycles. The smallest absolute Gasteiger partial charge is 0.186 e. The molecular weight excluding hydrogens is 749 g/mol. The fourth-order valence-electron chi connectivity index (χ4n) is 6.41. The van der Waals surface area contributed by atoms with Crippen molar-refractivity contribution in [1.29, 1.82) is 0 Å². The number of ketones is 2. The van der Waals surface area contributed by atoms with Crippen molar-refractivity contribution in [3.8, 4) is 0 Å². The molecule has 1 heterocycles. The van der Waals surface area contributed by atoms with E-state index >= 15 is 0 Å². The third-order valence-electron chi connectivity index (χ3n) is 9.60. The lowest BCUT2D eigenvalue weighted by atomic mass is 9.71. The highest BCUT2D eigenvalue weighted by Crippen LogP contribution is 2.43. The Bertz CT molecular complexity index is 2120. The quantitative estimate of drug-likeness (QED) is 0.232. The number of hydrogen-bond acceptors (Lipinski definition) is 7. The van der Waals surface area contributed by atoms with Crippen molar-refractivity contribution in [3.63, 3.8) is 0 Å². The number of azo groups is 2. The summed E-state index contributed by atoms with van der Waals surface area (Å²) in [7, 11) is 0. The zero-order chi connectivity index (χ0) is 42.2. The molecule has 0 amide bonds. The molecule has 0 unspecified atom stereocenters. The van der Waals surface area contributed by atoms with Gasteiger partial charge in [0.1, 0.15) is 11.4 Å². The maximum Gasteiger partial charge on any atom is 0.186 e. The van der Waals surface area contributed by atoms with Crippen LogP contribution in [-0.4, -0.2) is 16.6 Å². The highest BCUT2D eigenvalue weighted by atomic mass is 35.5. The maximum absolute atomic E-state index is 14.0. The minimum atomic E-state index is -0.455. The number of allylic oxidation sites excluding steroid dienone is 10. The first-order valence-corrected chi connectivity index (χ1v) is 19.9. The zero-order valence-corrected chi connectivity index (χ0v) is 36.9. The summed E-state index contributed by atoms with van der Waals surface area (Å²) >= 11 is 12.4. The highest BCUT2D eigenvalue weighted by Gasteiger charge is 2.36. The summed E-state index contributed by atoms with van der Waals surface area (Å²) in [4.78, 5) is 33.3. The number of Topliss-reactive ketones (excluding diaryl/α,β-unsaturated/α-hetero) is 2. The number of nitrogens with zero attached hydrogens (tertiary/aromatic N) is 5. The van der Waals surface area contributed by atoms with Gasteiger partial charge in [0.05, 0.1) is 22.8 Å². The Labute approximate surface area is 348 Å². The maximum atomic E-state index is 14.0. The monoisotopic (exact) mass is 801 g/mol. The predicted octanol–water partition coefficient (Wildman–Crippen LogP) is 14.7. The minimum Gasteiger partial charge on any atom is -0.289 e. The number of pyridine rings is 1. The fraction of sp³-hybridized carbons (Fsp3) is 0.354. The minimum absolute atomic E-state index is 0.00925. The standard InChI is InChI=1S/C48H53Cl2N5O2/c1-28-22-39(41(54-52-33-18-14-31(49)15-19-33)29-24-35(45(2,3)4)43(56)36(25-29)46(5,6)7)51-40(23-28)42(55-53-34-20-16-32(50)17-21-34)30-26-37(47(8,9)10)44(57)38(27-30)48(11,12)13/h14-27H,1-13H3/b54-52+,55-53+. The van der Waals surface area contributed by atoms with Crippen molar-refractivity contribution in [1.82, 2.24) is 4.98 Å². The summed E-state index contributed by atoms with van der Waals surface area (Å²) < 4.78 is 0. The van der Waals surface area contributed by atoms with Gasteiger partial charge in [-0.15, -0.1) is 10.2 Å². The van der Waals surface area contributed by atoms with Gasteiger partial charge in [-0.3, -0.25) is 9.59 Å². The van der Waals surface area contributed by atoms with Gasteiger partial charge in [-0.25, -0.2) is 4.98 Å². The number of aromatic nitrogens is 1. The van der Waals surface area contributed by atoms with Crippen LogP contribution in [0, 0.1) is 28.6 Å². The van der Waals surface area contributed by atoms with Crippen LogP contribution in [0.3, 0.4) is 0 Å². The van der Waals surface area contributed by atoms with E-state index in [2.05, 4.69) is 10.2 Å². The molecule has 57 heavy (non-hydrogen) atoms. The number of benzene rings is 2. The van der Waals surface area contributed by atoms with Crippen LogP contribution >= 0.6 is 23.2 Å². The Balaban J connectivity index is 1.89. The molecule has 0 atom stereocenters. The van der Waals surface area contributed by atoms with Gasteiger partial charge in [0.2, 0.25) is 0 Å². The van der Waals surface area contributed by atoms with Gasteiger partial charge in [-0.2, -0.15) is 10.2 Å². The van der Waals surface area contributed by atoms with Gasteiger partial charge in [-0.05, 0) is 119 Å². The van der Waals surface area contributed by atoms with Gasteiger partial charge in [0.15, 0.2) is 11.6 Å². The number of hydrogen-bond donors (Lipinski definition) is 0. The normalized spacial score (nSPS) is 15.9. The molecule has 0 aliphatic heterocycles. The molecule has 0 saturated carbocycles. The van der Waals surface area contributed by atoms with Crippen LogP contribution < -0.4 is 0 Å². The molecule has 0 radical (unpaired) electrons. The van der Waals surface area contributed by atoms with E-state index in [0.717, 1.165) is 5.56 Å². The number of aryl methyl sites for hydroxylation is 1. The lowest BCUT2D eigenvalue weighted by Crippen LogP contribution is -2.28. The van der Waals surface area contributed by atoms with Gasteiger partial charge in [0.25, 0.3) is 0 Å². The molecule has 0 spiro atoms. The molecule has 0 N–H and O–H groups in total. The lowest BCUT2D eigenvalue weighted by molar-refractivity contribution is -0.114. The van der Waals surface area contributed by atoms with E-state index in [1.165, 1.54) is 0 Å². The zero-order valence-electron chi connectivity index (χ0n) is 35.4. The molecule has 5 rings (SSSR count). The molecule has 296 valence electrons. The third kappa shape index (κ3) is 10.4. The molecule has 2 aliphatic carbocycles. The average molecular weight is 803 g/mol. The molecule has 0 saturated heterocycles. The van der Waals surface area contributed by atoms with Gasteiger partial charge >= 0.3 is 0 Å². The Morgan fingerprint density at radius 2 is 0.772 bits per heavy atom. The SMILES string of the molecule is Cc1cc(C(/N=N/c2ccc(Cl)cc2)=C2C=C(C(C)(C)C)C(=O)C(C(C)(C)C)=C2)nc(C(/N=N/c2ccc(Cl)cc2)=C2C=C(C(C)(C)C)C(=O)C(C(C)(C)C)=C2)c1. The summed E-state index contributed by atoms with van der Waals surface area (Å²) in [5.74, 6) is 0.0185. The second-order valence-corrected chi connectivity index (χ2v) is 19.6. The van der Waals surface area contributed by atoms with E-state index in [1.807, 2.05) is 126 Å². The Morgan fingerprint density at radius 1 is 0.491 bits per heavy atom. The van der Waals surface area contributed by atoms with E-state index in [0.29, 0.717) is 77.6 Å². The fourth-order valence-corrected chi connectivity index (χ4v) is 6.67. The first kappa shape index (κ1) is 43.3. The van der Waals surface area contributed by atoms with Crippen LogP contribution in [0.15, 0.2) is 139 Å². The summed E-state index contributed by atoms with van der Waals surface area (Å²) in [6, 6.07) is 18.1. The summed E-state index contributed by atoms with van der Waals surface area (Å²) in [6.45, 7) is 26.4. The Kier molecular flexibility index (Phi) is 12.3. The van der Waals surface area contributed by atoms with Crippen molar-refractivity contribution in [3.05, 3.63) is 145 Å². The molecule has 9 heteroatoms. The van der Waals surface area contributed by atoms with E-state index < -0.39 is 21.7 Å². The first-order chi connectivity index (χ1) is 26.3. The summed E-state index contributed by atoms with van der Waals surface area (Å²) in [6.07, 6.45) is 7.67. The Hall–Kier alpha value is -4.85. The molecule has 0 bridgehead atoms. The van der Waals surface area contributed by atoms with Crippen molar-refractivity contribution in [2.24, 2.45) is 42.1 Å². The second-order valence-electron chi connectivity index (χ2n) is 18.8. The molecule has 0 fully saturated rings. The first-order valence-electron chi connectivity index (χ1n) is 19.1. The van der Waals surface area contributed by atoms with Gasteiger partial charge in [-0.1, -0.05) is 106 Å². The summed E-state index contributed by atoms with van der Waals surface area (Å²) in [5, 5.41) is 20.2. The van der Waals surface area contributed by atoms with Crippen molar-refractivity contribution >= 4 is 57.5 Å². The van der Waals surface area contributed by atoms with Crippen molar-refractivity contribution < 1.29 is 9.59 Å². The number of carbonyl (C=O) groups is 2. The number of carbonyl (C=O) groups excluding carboxylic acids is 2. The van der Waals surface area contributed by atoms with Crippen LogP contribution in [-0.2, 0) is 9.59 Å². The molecule has 2 aromatic carbocycles. The lowest BCUT2D eigenvalue weighted by Gasteiger charge is -2.31. The van der Waals surface area contributed by atoms with E-state index in [4.69, 9.17) is 38.4 Å². The molecule has 7 nitrogen and oxygen atoms in total. The number of halogens is 2. The topological polar surface area (TPSA) is 96.5 Å². The van der Waals surface area contributed by atoms with Crippen LogP contribution in [0.2, 0.25) is 10.0 Å². The van der Waals surface area contributed by atoms with Gasteiger partial charge < -0.3 is 0 Å². The van der Waals surface area contributed by atoms with E-state index in [-0.39, 0.29) is 11.6 Å². The van der Waals surface area contributed by atoms with E-state index in [9.17, 15) is 9.59 Å². The second kappa shape index (κ2) is 16.2. The number of rotatable bonds is 6. The predicted molar refractivity (Wildman–Crippen MR) is 235 cm³/mol. The van der Waals surface area contributed by atoms with Crippen molar-refractivity contribution in [2.75, 3.05) is 0 Å². The molecule has 2 aliphatic rings. The van der Waals surface area contributed by atoms with Crippen LogP contribution in [0.1, 0.15) is 100 Å². The largest absolute Gasteiger partial charge is 0.289 e. The van der Waals surface area contributed by atoms with Crippen LogP contribution in [0.5, 0.6) is 0 Å². The van der Waals surface area contributed by atoms with Gasteiger partial charge in [0, 0.05) is 43.5 Å². The molecule has 3 aromatic rings. The van der Waals surface area contributed by atoms with Crippen LogP contribution in [0.25, 0.3) is 11.4 Å². The Morgan fingerprint density at radius 3 is 1.04 bits per heavy atom. The summed E-state index contributed by atoms with van der Waals surface area (Å²) in [5.41, 5.74) is 6.34. The average Bonchev–Trinajstić information content (AvgIpc) is 3.09. The molecular formula is C48H53Cl2N5O2. The highest BCUT2D eigenvalue weighted by molar-refractivity contribution is 6.30. The van der Waals surface area contributed by atoms with E-state index in [1.54, 1.807) is 48.5 Å². The third-order valence-corrected chi connectivity index (χ3v) is 10.1. The van der Waals surface area contributed by atoms with Crippen molar-refractivity contribution in [2.45, 2.75) is 90.0 Å². The van der Waals surface area contributed by atoms with Crippen LogP contribution in [0.4, 0.5) is 11.4 Å².